The second-order valence-corrected chi connectivity index (χ2v) is 6.96. The van der Waals surface area contributed by atoms with E-state index in [4.69, 9.17) is 0 Å². The van der Waals surface area contributed by atoms with Crippen LogP contribution < -0.4 is 0 Å². The fourth-order valence-corrected chi connectivity index (χ4v) is 2.85. The minimum Gasteiger partial charge on any atom is -0.389 e. The Kier molecular flexibility index (Phi) is 4.14. The van der Waals surface area contributed by atoms with Gasteiger partial charge in [0.2, 0.25) is 0 Å². The van der Waals surface area contributed by atoms with Crippen molar-refractivity contribution in [1.82, 2.24) is 19.8 Å². The maximum absolute atomic E-state index is 12.6. The highest BCUT2D eigenvalue weighted by molar-refractivity contribution is 5.92. The van der Waals surface area contributed by atoms with E-state index in [-0.39, 0.29) is 5.91 Å². The lowest BCUT2D eigenvalue weighted by atomic mass is 10.1. The minimum absolute atomic E-state index is 0.00721. The molecule has 0 bridgehead atoms. The van der Waals surface area contributed by atoms with Gasteiger partial charge in [0.1, 0.15) is 11.5 Å². The predicted molar refractivity (Wildman–Crippen MR) is 82.6 cm³/mol. The second-order valence-electron chi connectivity index (χ2n) is 6.96. The van der Waals surface area contributed by atoms with Gasteiger partial charge in [0.15, 0.2) is 0 Å². The second kappa shape index (κ2) is 5.93. The third-order valence-corrected chi connectivity index (χ3v) is 4.11. The first-order valence-corrected chi connectivity index (χ1v) is 7.99. The van der Waals surface area contributed by atoms with Gasteiger partial charge >= 0.3 is 0 Å². The lowest BCUT2D eigenvalue weighted by Crippen LogP contribution is -2.52. The van der Waals surface area contributed by atoms with Gasteiger partial charge in [-0.3, -0.25) is 9.69 Å². The molecule has 2 aliphatic rings. The van der Waals surface area contributed by atoms with Crippen molar-refractivity contribution in [2.24, 2.45) is 0 Å². The molecular formula is C16H24N4O2. The normalized spacial score (nSPS) is 20.2. The molecule has 0 atom stereocenters. The summed E-state index contributed by atoms with van der Waals surface area (Å²) in [6.07, 6.45) is 3.96. The third-order valence-electron chi connectivity index (χ3n) is 4.11. The van der Waals surface area contributed by atoms with Crippen LogP contribution in [0.25, 0.3) is 0 Å². The topological polar surface area (TPSA) is 69.6 Å². The molecule has 1 saturated heterocycles. The number of aromatic nitrogens is 2. The van der Waals surface area contributed by atoms with Crippen molar-refractivity contribution in [3.05, 3.63) is 23.8 Å². The average Bonchev–Trinajstić information content (AvgIpc) is 3.30. The fourth-order valence-electron chi connectivity index (χ4n) is 2.85. The van der Waals surface area contributed by atoms with Crippen molar-refractivity contribution in [1.29, 1.82) is 0 Å². The Hall–Kier alpha value is -1.53. The molecule has 1 aromatic rings. The molecule has 0 aromatic carbocycles. The molecule has 120 valence electrons. The number of amides is 1. The van der Waals surface area contributed by atoms with Crippen LogP contribution in [-0.4, -0.2) is 69.1 Å². The molecule has 1 aliphatic heterocycles. The number of aliphatic hydroxyl groups is 1. The first-order chi connectivity index (χ1) is 10.4. The Labute approximate surface area is 131 Å². The van der Waals surface area contributed by atoms with Crippen LogP contribution in [0, 0.1) is 0 Å². The molecule has 1 N–H and O–H groups in total. The monoisotopic (exact) mass is 304 g/mol. The van der Waals surface area contributed by atoms with Crippen LogP contribution in [0.2, 0.25) is 0 Å². The van der Waals surface area contributed by atoms with Crippen LogP contribution in [0.1, 0.15) is 48.9 Å². The lowest BCUT2D eigenvalue weighted by Gasteiger charge is -2.37. The Morgan fingerprint density at radius 3 is 2.59 bits per heavy atom. The molecule has 0 unspecified atom stereocenters. The van der Waals surface area contributed by atoms with Gasteiger partial charge in [-0.25, -0.2) is 9.97 Å². The van der Waals surface area contributed by atoms with Crippen LogP contribution in [0.3, 0.4) is 0 Å². The summed E-state index contributed by atoms with van der Waals surface area (Å²) < 4.78 is 0. The van der Waals surface area contributed by atoms with Gasteiger partial charge in [0.25, 0.3) is 5.91 Å². The first-order valence-electron chi connectivity index (χ1n) is 7.99. The number of hydrogen-bond donors (Lipinski definition) is 1. The van der Waals surface area contributed by atoms with E-state index in [2.05, 4.69) is 14.9 Å². The molecule has 2 fully saturated rings. The molecular weight excluding hydrogens is 280 g/mol. The SMILES string of the molecule is CC(C)(O)CN1CCN(C(=O)c2ccnc(C3CC3)n2)CC1. The number of β-amino-alcohol motifs (C(OH)–C–C–N with tert-alkyl or cyclic N) is 1. The predicted octanol–water partition coefficient (Wildman–Crippen LogP) is 0.883. The molecule has 1 saturated carbocycles. The lowest BCUT2D eigenvalue weighted by molar-refractivity contribution is 0.0177. The fraction of sp³-hybridized carbons (Fsp3) is 0.688. The maximum atomic E-state index is 12.6. The summed E-state index contributed by atoms with van der Waals surface area (Å²) in [5.74, 6) is 1.26. The highest BCUT2D eigenvalue weighted by atomic mass is 16.3. The highest BCUT2D eigenvalue weighted by Gasteiger charge is 2.29. The zero-order valence-electron chi connectivity index (χ0n) is 13.3. The van der Waals surface area contributed by atoms with Crippen LogP contribution >= 0.6 is 0 Å². The molecule has 3 rings (SSSR count). The molecule has 6 nitrogen and oxygen atoms in total. The van der Waals surface area contributed by atoms with Crippen molar-refractivity contribution in [3.63, 3.8) is 0 Å². The first kappa shape index (κ1) is 15.4. The number of rotatable bonds is 4. The Morgan fingerprint density at radius 1 is 1.32 bits per heavy atom. The number of carbonyl (C=O) groups excluding carboxylic acids is 1. The van der Waals surface area contributed by atoms with E-state index in [1.807, 2.05) is 18.7 Å². The Balaban J connectivity index is 1.59. The molecule has 0 radical (unpaired) electrons. The zero-order chi connectivity index (χ0) is 15.7. The van der Waals surface area contributed by atoms with Crippen molar-refractivity contribution in [2.75, 3.05) is 32.7 Å². The van der Waals surface area contributed by atoms with Crippen molar-refractivity contribution < 1.29 is 9.90 Å². The summed E-state index contributed by atoms with van der Waals surface area (Å²) in [4.78, 5) is 25.3. The Bertz CT molecular complexity index is 543. The molecule has 2 heterocycles. The zero-order valence-corrected chi connectivity index (χ0v) is 13.3. The average molecular weight is 304 g/mol. The van der Waals surface area contributed by atoms with Crippen LogP contribution in [0.5, 0.6) is 0 Å². The van der Waals surface area contributed by atoms with Crippen molar-refractivity contribution >= 4 is 5.91 Å². The van der Waals surface area contributed by atoms with Crippen LogP contribution in [0.15, 0.2) is 12.3 Å². The molecule has 1 amide bonds. The molecule has 1 aromatic heterocycles. The summed E-state index contributed by atoms with van der Waals surface area (Å²) in [7, 11) is 0. The van der Waals surface area contributed by atoms with E-state index >= 15 is 0 Å². The van der Waals surface area contributed by atoms with Gasteiger partial charge in [0.05, 0.1) is 5.60 Å². The Morgan fingerprint density at radius 2 is 2.00 bits per heavy atom. The van der Waals surface area contributed by atoms with Crippen LogP contribution in [-0.2, 0) is 0 Å². The van der Waals surface area contributed by atoms with Crippen LogP contribution in [0.4, 0.5) is 0 Å². The summed E-state index contributed by atoms with van der Waals surface area (Å²) in [5.41, 5.74) is -0.189. The third kappa shape index (κ3) is 3.81. The van der Waals surface area contributed by atoms with Gasteiger partial charge in [-0.15, -0.1) is 0 Å². The van der Waals surface area contributed by atoms with Gasteiger partial charge in [-0.2, -0.15) is 0 Å². The number of piperazine rings is 1. The molecule has 6 heteroatoms. The van der Waals surface area contributed by atoms with Gasteiger partial charge in [-0.05, 0) is 32.8 Å². The smallest absolute Gasteiger partial charge is 0.272 e. The number of hydrogen-bond acceptors (Lipinski definition) is 5. The molecule has 22 heavy (non-hydrogen) atoms. The summed E-state index contributed by atoms with van der Waals surface area (Å²) in [5, 5.41) is 9.87. The van der Waals surface area contributed by atoms with Gasteiger partial charge in [-0.1, -0.05) is 0 Å². The van der Waals surface area contributed by atoms with E-state index in [0.29, 0.717) is 31.2 Å². The van der Waals surface area contributed by atoms with Gasteiger partial charge < -0.3 is 10.0 Å². The minimum atomic E-state index is -0.696. The number of nitrogens with zero attached hydrogens (tertiary/aromatic N) is 4. The molecule has 0 spiro atoms. The quantitative estimate of drug-likeness (QED) is 0.894. The summed E-state index contributed by atoms with van der Waals surface area (Å²) in [6, 6.07) is 1.71. The largest absolute Gasteiger partial charge is 0.389 e. The number of carbonyl (C=O) groups is 1. The molecule has 1 aliphatic carbocycles. The van der Waals surface area contributed by atoms with E-state index in [9.17, 15) is 9.90 Å². The van der Waals surface area contributed by atoms with Crippen molar-refractivity contribution in [2.45, 2.75) is 38.2 Å². The summed E-state index contributed by atoms with van der Waals surface area (Å²) in [6.45, 7) is 7.19. The van der Waals surface area contributed by atoms with E-state index < -0.39 is 5.60 Å². The van der Waals surface area contributed by atoms with E-state index in [1.165, 1.54) is 0 Å². The maximum Gasteiger partial charge on any atom is 0.272 e. The van der Waals surface area contributed by atoms with Crippen molar-refractivity contribution in [3.8, 4) is 0 Å². The highest BCUT2D eigenvalue weighted by Crippen LogP contribution is 2.37. The standard InChI is InChI=1S/C16H24N4O2/c1-16(2,22)11-19-7-9-20(10-8-19)15(21)13-5-6-17-14(18-13)12-3-4-12/h5-6,12,22H,3-4,7-11H2,1-2H3. The van der Waals surface area contributed by atoms with Gasteiger partial charge in [0, 0.05) is 44.8 Å². The van der Waals surface area contributed by atoms with E-state index in [1.54, 1.807) is 12.3 Å². The van der Waals surface area contributed by atoms with E-state index in [0.717, 1.165) is 31.8 Å². The summed E-state index contributed by atoms with van der Waals surface area (Å²) >= 11 is 0.